The molecule has 0 aliphatic carbocycles. The van der Waals surface area contributed by atoms with E-state index in [1.165, 1.54) is 23.9 Å². The van der Waals surface area contributed by atoms with Crippen molar-refractivity contribution in [3.63, 3.8) is 0 Å². The highest BCUT2D eigenvalue weighted by molar-refractivity contribution is 8.00. The summed E-state index contributed by atoms with van der Waals surface area (Å²) in [5, 5.41) is 11.8. The Kier molecular flexibility index (Phi) is 6.87. The highest BCUT2D eigenvalue weighted by atomic mass is 32.2. The van der Waals surface area contributed by atoms with Crippen molar-refractivity contribution in [3.05, 3.63) is 59.9 Å². The molecule has 1 atom stereocenters. The van der Waals surface area contributed by atoms with E-state index in [0.717, 1.165) is 16.9 Å². The predicted octanol–water partition coefficient (Wildman–Crippen LogP) is 3.91. The summed E-state index contributed by atoms with van der Waals surface area (Å²) in [6.07, 6.45) is 0. The maximum absolute atomic E-state index is 13.0. The molecule has 3 rings (SSSR count). The molecule has 8 heteroatoms. The van der Waals surface area contributed by atoms with Gasteiger partial charge in [-0.1, -0.05) is 36.0 Å². The SMILES string of the molecule is CCn1c(SC(C)C(=O)NCc2ccc(F)cc2)nnc1-c1ccccc1OC. The van der Waals surface area contributed by atoms with E-state index in [4.69, 9.17) is 4.74 Å². The summed E-state index contributed by atoms with van der Waals surface area (Å²) in [6.45, 7) is 4.83. The van der Waals surface area contributed by atoms with E-state index in [-0.39, 0.29) is 17.0 Å². The lowest BCUT2D eigenvalue weighted by Crippen LogP contribution is -2.30. The number of halogens is 1. The van der Waals surface area contributed by atoms with Gasteiger partial charge in [0.1, 0.15) is 11.6 Å². The Bertz CT molecular complexity index is 975. The van der Waals surface area contributed by atoms with Gasteiger partial charge in [-0.3, -0.25) is 4.79 Å². The second-order valence-corrected chi connectivity index (χ2v) is 7.66. The van der Waals surface area contributed by atoms with E-state index in [9.17, 15) is 9.18 Å². The lowest BCUT2D eigenvalue weighted by atomic mass is 10.2. The van der Waals surface area contributed by atoms with Crippen LogP contribution in [0.1, 0.15) is 19.4 Å². The zero-order valence-corrected chi connectivity index (χ0v) is 17.4. The molecule has 0 saturated heterocycles. The van der Waals surface area contributed by atoms with Gasteiger partial charge < -0.3 is 14.6 Å². The van der Waals surface area contributed by atoms with Gasteiger partial charge >= 0.3 is 0 Å². The molecular weight excluding hydrogens is 391 g/mol. The topological polar surface area (TPSA) is 69.0 Å². The summed E-state index contributed by atoms with van der Waals surface area (Å²) in [5.41, 5.74) is 1.69. The van der Waals surface area contributed by atoms with Crippen LogP contribution in [0.5, 0.6) is 5.75 Å². The van der Waals surface area contributed by atoms with Gasteiger partial charge in [0, 0.05) is 13.1 Å². The molecule has 0 aliphatic rings. The average molecular weight is 415 g/mol. The van der Waals surface area contributed by atoms with Crippen molar-refractivity contribution < 1.29 is 13.9 Å². The number of aromatic nitrogens is 3. The molecule has 0 saturated carbocycles. The zero-order valence-electron chi connectivity index (χ0n) is 16.6. The van der Waals surface area contributed by atoms with Crippen molar-refractivity contribution in [1.82, 2.24) is 20.1 Å². The Balaban J connectivity index is 1.70. The molecule has 2 aromatic carbocycles. The number of thioether (sulfide) groups is 1. The quantitative estimate of drug-likeness (QED) is 0.566. The summed E-state index contributed by atoms with van der Waals surface area (Å²) in [5.74, 6) is 1.00. The van der Waals surface area contributed by atoms with Crippen molar-refractivity contribution in [2.24, 2.45) is 0 Å². The molecule has 1 heterocycles. The average Bonchev–Trinajstić information content (AvgIpc) is 3.15. The van der Waals surface area contributed by atoms with Crippen LogP contribution >= 0.6 is 11.8 Å². The van der Waals surface area contributed by atoms with Gasteiger partial charge in [0.05, 0.1) is 17.9 Å². The Morgan fingerprint density at radius 1 is 1.21 bits per heavy atom. The van der Waals surface area contributed by atoms with Gasteiger partial charge in [-0.05, 0) is 43.7 Å². The number of carbonyl (C=O) groups is 1. The van der Waals surface area contributed by atoms with Crippen LogP contribution in [0.25, 0.3) is 11.4 Å². The van der Waals surface area contributed by atoms with Crippen LogP contribution in [0.15, 0.2) is 53.7 Å². The normalized spacial score (nSPS) is 11.9. The third-order valence-corrected chi connectivity index (χ3v) is 5.49. The minimum absolute atomic E-state index is 0.121. The van der Waals surface area contributed by atoms with Crippen molar-refractivity contribution in [3.8, 4) is 17.1 Å². The van der Waals surface area contributed by atoms with Crippen LogP contribution in [-0.2, 0) is 17.9 Å². The second kappa shape index (κ2) is 9.56. The molecule has 6 nitrogen and oxygen atoms in total. The first-order valence-electron chi connectivity index (χ1n) is 9.28. The lowest BCUT2D eigenvalue weighted by molar-refractivity contribution is -0.120. The smallest absolute Gasteiger partial charge is 0.233 e. The van der Waals surface area contributed by atoms with Gasteiger partial charge in [0.25, 0.3) is 0 Å². The van der Waals surface area contributed by atoms with E-state index >= 15 is 0 Å². The van der Waals surface area contributed by atoms with Crippen LogP contribution in [0, 0.1) is 5.82 Å². The van der Waals surface area contributed by atoms with Gasteiger partial charge in [0.2, 0.25) is 5.91 Å². The van der Waals surface area contributed by atoms with Crippen LogP contribution in [-0.4, -0.2) is 33.0 Å². The largest absolute Gasteiger partial charge is 0.496 e. The van der Waals surface area contributed by atoms with Crippen molar-refractivity contribution >= 4 is 17.7 Å². The monoisotopic (exact) mass is 414 g/mol. The number of hydrogen-bond acceptors (Lipinski definition) is 5. The Morgan fingerprint density at radius 3 is 2.62 bits per heavy atom. The molecule has 0 radical (unpaired) electrons. The molecular formula is C21H23FN4O2S. The van der Waals surface area contributed by atoms with Crippen LogP contribution in [0.3, 0.4) is 0 Å². The molecule has 0 fully saturated rings. The first-order chi connectivity index (χ1) is 14.0. The highest BCUT2D eigenvalue weighted by Gasteiger charge is 2.21. The first kappa shape index (κ1) is 20.9. The van der Waals surface area contributed by atoms with E-state index < -0.39 is 0 Å². The number of amides is 1. The number of ether oxygens (including phenoxy) is 1. The Labute approximate surface area is 173 Å². The van der Waals surface area contributed by atoms with Gasteiger partial charge in [-0.15, -0.1) is 10.2 Å². The molecule has 3 aromatic rings. The lowest BCUT2D eigenvalue weighted by Gasteiger charge is -2.13. The number of carbonyl (C=O) groups excluding carboxylic acids is 1. The molecule has 152 valence electrons. The minimum Gasteiger partial charge on any atom is -0.496 e. The molecule has 29 heavy (non-hydrogen) atoms. The molecule has 1 amide bonds. The highest BCUT2D eigenvalue weighted by Crippen LogP contribution is 2.31. The molecule has 0 aliphatic heterocycles. The van der Waals surface area contributed by atoms with Crippen molar-refractivity contribution in [1.29, 1.82) is 0 Å². The van der Waals surface area contributed by atoms with E-state index in [0.29, 0.717) is 24.1 Å². The van der Waals surface area contributed by atoms with Crippen LogP contribution in [0.2, 0.25) is 0 Å². The fraction of sp³-hybridized carbons (Fsp3) is 0.286. The third-order valence-electron chi connectivity index (χ3n) is 4.41. The zero-order chi connectivity index (χ0) is 20.8. The fourth-order valence-corrected chi connectivity index (χ4v) is 3.77. The number of methoxy groups -OCH3 is 1. The standard InChI is InChI=1S/C21H23FN4O2S/c1-4-26-19(17-7-5-6-8-18(17)28-3)24-25-21(26)29-14(2)20(27)23-13-15-9-11-16(22)12-10-15/h5-12,14H,4,13H2,1-3H3,(H,23,27). The van der Waals surface area contributed by atoms with Gasteiger partial charge in [-0.2, -0.15) is 0 Å². The number of nitrogens with zero attached hydrogens (tertiary/aromatic N) is 3. The van der Waals surface area contributed by atoms with Gasteiger partial charge in [-0.25, -0.2) is 4.39 Å². The van der Waals surface area contributed by atoms with Crippen molar-refractivity contribution in [2.45, 2.75) is 37.3 Å². The molecule has 1 aromatic heterocycles. The number of benzene rings is 2. The van der Waals surface area contributed by atoms with Crippen LogP contribution < -0.4 is 10.1 Å². The number of nitrogens with one attached hydrogen (secondary N) is 1. The Morgan fingerprint density at radius 2 is 1.93 bits per heavy atom. The number of rotatable bonds is 8. The van der Waals surface area contributed by atoms with E-state index in [1.54, 1.807) is 19.2 Å². The Hall–Kier alpha value is -2.87. The van der Waals surface area contributed by atoms with Crippen LogP contribution in [0.4, 0.5) is 4.39 Å². The fourth-order valence-electron chi connectivity index (χ4n) is 2.84. The minimum atomic E-state index is -0.365. The van der Waals surface area contributed by atoms with Crippen molar-refractivity contribution in [2.75, 3.05) is 7.11 Å². The first-order valence-corrected chi connectivity index (χ1v) is 10.2. The third kappa shape index (κ3) is 4.95. The number of hydrogen-bond donors (Lipinski definition) is 1. The van der Waals surface area contributed by atoms with E-state index in [2.05, 4.69) is 15.5 Å². The molecule has 0 spiro atoms. The molecule has 1 unspecified atom stereocenters. The summed E-state index contributed by atoms with van der Waals surface area (Å²) in [4.78, 5) is 12.5. The summed E-state index contributed by atoms with van der Waals surface area (Å²) in [6, 6.07) is 13.7. The number of para-hydroxylation sites is 1. The van der Waals surface area contributed by atoms with E-state index in [1.807, 2.05) is 42.7 Å². The summed E-state index contributed by atoms with van der Waals surface area (Å²) >= 11 is 1.35. The maximum atomic E-state index is 13.0. The maximum Gasteiger partial charge on any atom is 0.233 e. The second-order valence-electron chi connectivity index (χ2n) is 6.36. The predicted molar refractivity (Wildman–Crippen MR) is 111 cm³/mol. The molecule has 1 N–H and O–H groups in total. The summed E-state index contributed by atoms with van der Waals surface area (Å²) in [7, 11) is 1.62. The summed E-state index contributed by atoms with van der Waals surface area (Å²) < 4.78 is 20.4. The molecule has 0 bridgehead atoms. The van der Waals surface area contributed by atoms with Gasteiger partial charge in [0.15, 0.2) is 11.0 Å².